The molecule has 1 fully saturated rings. The van der Waals surface area contributed by atoms with Gasteiger partial charge in [-0.25, -0.2) is 0 Å². The van der Waals surface area contributed by atoms with Crippen molar-refractivity contribution in [2.24, 2.45) is 0 Å². The third-order valence-corrected chi connectivity index (χ3v) is 4.77. The number of thiophene rings is 1. The average molecular weight is 343 g/mol. The summed E-state index contributed by atoms with van der Waals surface area (Å²) in [5.74, 6) is -0.0164. The van der Waals surface area contributed by atoms with Crippen LogP contribution >= 0.6 is 50.5 Å². The molecule has 88 valence electrons. The van der Waals surface area contributed by atoms with E-state index in [1.54, 1.807) is 6.07 Å². The number of piperidine rings is 1. The first-order chi connectivity index (χ1) is 7.58. The number of halogens is 3. The summed E-state index contributed by atoms with van der Waals surface area (Å²) < 4.78 is 1.03. The third kappa shape index (κ3) is 2.73. The predicted octanol–water partition coefficient (Wildman–Crippen LogP) is 4.05. The van der Waals surface area contributed by atoms with Crippen molar-refractivity contribution >= 4 is 56.4 Å². The fourth-order valence-electron chi connectivity index (χ4n) is 1.77. The van der Waals surface area contributed by atoms with Gasteiger partial charge >= 0.3 is 0 Å². The van der Waals surface area contributed by atoms with Crippen LogP contribution in [-0.4, -0.2) is 28.7 Å². The molecule has 1 saturated heterocycles. The molecule has 1 aromatic rings. The minimum absolute atomic E-state index is 0.0164. The number of carbonyl (C=O) groups is 1. The highest BCUT2D eigenvalue weighted by atomic mass is 79.9. The normalized spacial score (nSPS) is 21.2. The van der Waals surface area contributed by atoms with Crippen molar-refractivity contribution in [2.75, 3.05) is 13.1 Å². The highest BCUT2D eigenvalue weighted by Gasteiger charge is 2.25. The van der Waals surface area contributed by atoms with Gasteiger partial charge in [0.25, 0.3) is 5.91 Å². The molecule has 1 aromatic heterocycles. The van der Waals surface area contributed by atoms with Crippen LogP contribution in [-0.2, 0) is 0 Å². The van der Waals surface area contributed by atoms with Gasteiger partial charge in [0.15, 0.2) is 0 Å². The van der Waals surface area contributed by atoms with Crippen molar-refractivity contribution in [2.45, 2.75) is 17.7 Å². The number of nitrogens with zero attached hydrogens (tertiary/aromatic N) is 1. The van der Waals surface area contributed by atoms with Gasteiger partial charge in [0.05, 0.1) is 9.90 Å². The number of hydrogen-bond donors (Lipinski definition) is 0. The Kier molecular flexibility index (Phi) is 4.16. The molecule has 2 heterocycles. The Balaban J connectivity index is 2.15. The number of amides is 1. The van der Waals surface area contributed by atoms with E-state index in [4.69, 9.17) is 23.2 Å². The zero-order valence-corrected chi connectivity index (χ0v) is 12.3. The molecule has 1 unspecified atom stereocenters. The quantitative estimate of drug-likeness (QED) is 0.705. The molecule has 0 spiro atoms. The fourth-order valence-corrected chi connectivity index (χ4v) is 3.89. The molecule has 1 amide bonds. The molecule has 1 atom stereocenters. The van der Waals surface area contributed by atoms with Crippen LogP contribution in [0.15, 0.2) is 6.07 Å². The van der Waals surface area contributed by atoms with Crippen molar-refractivity contribution in [3.63, 3.8) is 0 Å². The highest BCUT2D eigenvalue weighted by molar-refractivity contribution is 9.09. The largest absolute Gasteiger partial charge is 0.337 e. The summed E-state index contributed by atoms with van der Waals surface area (Å²) >= 11 is 16.6. The maximum absolute atomic E-state index is 12.1. The van der Waals surface area contributed by atoms with E-state index < -0.39 is 0 Å². The van der Waals surface area contributed by atoms with Gasteiger partial charge in [-0.1, -0.05) is 39.1 Å². The topological polar surface area (TPSA) is 20.3 Å². The van der Waals surface area contributed by atoms with E-state index in [2.05, 4.69) is 15.9 Å². The lowest BCUT2D eigenvalue weighted by Crippen LogP contribution is -2.40. The van der Waals surface area contributed by atoms with Crippen molar-refractivity contribution < 1.29 is 4.79 Å². The standard InChI is InChI=1S/C10H10BrCl2NOS/c11-6-2-1-3-14(5-6)10(15)7-4-8(12)16-9(7)13/h4,6H,1-3,5H2. The van der Waals surface area contributed by atoms with Crippen LogP contribution in [0.4, 0.5) is 0 Å². The molecule has 0 aromatic carbocycles. The Bertz CT molecular complexity index is 410. The molecular formula is C10H10BrCl2NOS. The third-order valence-electron chi connectivity index (χ3n) is 2.54. The summed E-state index contributed by atoms with van der Waals surface area (Å²) in [5.41, 5.74) is 0.526. The van der Waals surface area contributed by atoms with Crippen molar-refractivity contribution in [1.82, 2.24) is 4.90 Å². The molecule has 1 aliphatic heterocycles. The van der Waals surface area contributed by atoms with Crippen molar-refractivity contribution in [3.8, 4) is 0 Å². The lowest BCUT2D eigenvalue weighted by molar-refractivity contribution is 0.0730. The van der Waals surface area contributed by atoms with E-state index in [0.29, 0.717) is 19.1 Å². The highest BCUT2D eigenvalue weighted by Crippen LogP contribution is 2.32. The minimum Gasteiger partial charge on any atom is -0.337 e. The number of hydrogen-bond acceptors (Lipinski definition) is 2. The first-order valence-corrected chi connectivity index (χ1v) is 7.45. The Hall–Kier alpha value is 0.230. The van der Waals surface area contributed by atoms with Crippen LogP contribution in [0.2, 0.25) is 8.67 Å². The minimum atomic E-state index is -0.0164. The van der Waals surface area contributed by atoms with Gasteiger partial charge in [-0.2, -0.15) is 0 Å². The van der Waals surface area contributed by atoms with Crippen LogP contribution < -0.4 is 0 Å². The monoisotopic (exact) mass is 341 g/mol. The molecular weight excluding hydrogens is 333 g/mol. The molecule has 0 saturated carbocycles. The Morgan fingerprint density at radius 3 is 2.88 bits per heavy atom. The summed E-state index contributed by atoms with van der Waals surface area (Å²) in [6, 6.07) is 1.65. The predicted molar refractivity (Wildman–Crippen MR) is 72.2 cm³/mol. The molecule has 0 bridgehead atoms. The van der Waals surface area contributed by atoms with E-state index in [0.717, 1.165) is 25.9 Å². The molecule has 1 aliphatic rings. The van der Waals surface area contributed by atoms with Gasteiger partial charge in [-0.3, -0.25) is 4.79 Å². The molecule has 16 heavy (non-hydrogen) atoms. The average Bonchev–Trinajstić information content (AvgIpc) is 2.57. The Labute approximate surface area is 117 Å². The summed E-state index contributed by atoms with van der Waals surface area (Å²) in [4.78, 5) is 14.4. The van der Waals surface area contributed by atoms with Gasteiger partial charge in [0, 0.05) is 17.9 Å². The number of rotatable bonds is 1. The molecule has 2 nitrogen and oxygen atoms in total. The van der Waals surface area contributed by atoms with E-state index in [1.165, 1.54) is 11.3 Å². The fraction of sp³-hybridized carbons (Fsp3) is 0.500. The van der Waals surface area contributed by atoms with Crippen molar-refractivity contribution in [1.29, 1.82) is 0 Å². The smallest absolute Gasteiger partial charge is 0.256 e. The van der Waals surface area contributed by atoms with E-state index >= 15 is 0 Å². The number of alkyl halides is 1. The zero-order chi connectivity index (χ0) is 11.7. The SMILES string of the molecule is O=C(c1cc(Cl)sc1Cl)N1CCCC(Br)C1. The summed E-state index contributed by atoms with van der Waals surface area (Å²) in [6.07, 6.45) is 2.14. The van der Waals surface area contributed by atoms with Gasteiger partial charge in [-0.15, -0.1) is 11.3 Å². The lowest BCUT2D eigenvalue weighted by Gasteiger charge is -2.29. The molecule has 6 heteroatoms. The first-order valence-electron chi connectivity index (χ1n) is 4.96. The lowest BCUT2D eigenvalue weighted by atomic mass is 10.1. The molecule has 2 rings (SSSR count). The molecule has 0 N–H and O–H groups in total. The van der Waals surface area contributed by atoms with Gasteiger partial charge < -0.3 is 4.90 Å². The second-order valence-electron chi connectivity index (χ2n) is 3.73. The molecule has 0 aliphatic carbocycles. The van der Waals surface area contributed by atoms with Gasteiger partial charge in [-0.05, 0) is 18.9 Å². The maximum atomic E-state index is 12.1. The van der Waals surface area contributed by atoms with Crippen LogP contribution in [0.3, 0.4) is 0 Å². The van der Waals surface area contributed by atoms with E-state index in [1.807, 2.05) is 4.90 Å². The van der Waals surface area contributed by atoms with Crippen molar-refractivity contribution in [3.05, 3.63) is 20.3 Å². The second kappa shape index (κ2) is 5.25. The Morgan fingerprint density at radius 2 is 2.31 bits per heavy atom. The van der Waals surface area contributed by atoms with Crippen LogP contribution in [0.5, 0.6) is 0 Å². The summed E-state index contributed by atoms with van der Waals surface area (Å²) in [5, 5.41) is 0. The van der Waals surface area contributed by atoms with E-state index in [-0.39, 0.29) is 5.91 Å². The van der Waals surface area contributed by atoms with Crippen LogP contribution in [0.25, 0.3) is 0 Å². The Morgan fingerprint density at radius 1 is 1.56 bits per heavy atom. The molecule has 0 radical (unpaired) electrons. The maximum Gasteiger partial charge on any atom is 0.256 e. The first kappa shape index (κ1) is 12.7. The van der Waals surface area contributed by atoms with Crippen LogP contribution in [0, 0.1) is 0 Å². The van der Waals surface area contributed by atoms with Gasteiger partial charge in [0.2, 0.25) is 0 Å². The number of carbonyl (C=O) groups excluding carboxylic acids is 1. The second-order valence-corrected chi connectivity index (χ2v) is 7.31. The van der Waals surface area contributed by atoms with Crippen LogP contribution in [0.1, 0.15) is 23.2 Å². The summed E-state index contributed by atoms with van der Waals surface area (Å²) in [6.45, 7) is 1.54. The van der Waals surface area contributed by atoms with E-state index in [9.17, 15) is 4.79 Å². The number of likely N-dealkylation sites (tertiary alicyclic amines) is 1. The zero-order valence-electron chi connectivity index (χ0n) is 8.38. The van der Waals surface area contributed by atoms with Gasteiger partial charge in [0.1, 0.15) is 4.34 Å². The summed E-state index contributed by atoms with van der Waals surface area (Å²) in [7, 11) is 0.